The van der Waals surface area contributed by atoms with Crippen LogP contribution in [0.4, 0.5) is 0 Å². The van der Waals surface area contributed by atoms with Gasteiger partial charge in [0.15, 0.2) is 6.61 Å². The van der Waals surface area contributed by atoms with E-state index in [2.05, 4.69) is 5.32 Å². The van der Waals surface area contributed by atoms with Crippen LogP contribution in [0.3, 0.4) is 0 Å². The van der Waals surface area contributed by atoms with E-state index in [0.717, 1.165) is 16.7 Å². The number of carbonyl (C=O) groups excluding carboxylic acids is 2. The number of amides is 2. The Morgan fingerprint density at radius 1 is 1.07 bits per heavy atom. The number of rotatable bonds is 7. The van der Waals surface area contributed by atoms with Crippen LogP contribution in [-0.4, -0.2) is 34.9 Å². The molecule has 1 unspecified atom stereocenters. The molecule has 0 spiro atoms. The number of aryl methyl sites for hydroxylation is 2. The lowest BCUT2D eigenvalue weighted by Gasteiger charge is -2.31. The second kappa shape index (κ2) is 9.98. The first-order valence-corrected chi connectivity index (χ1v) is 10.4. The molecule has 1 atom stereocenters. The average molecular weight is 431 g/mol. The summed E-state index contributed by atoms with van der Waals surface area (Å²) in [6.45, 7) is 11.5. The molecule has 0 radical (unpaired) electrons. The van der Waals surface area contributed by atoms with Crippen LogP contribution < -0.4 is 10.1 Å². The number of nitrogens with zero attached hydrogens (tertiary/aromatic N) is 1. The highest BCUT2D eigenvalue weighted by atomic mass is 35.5. The summed E-state index contributed by atoms with van der Waals surface area (Å²) in [5.74, 6) is 0.163. The molecule has 0 fully saturated rings. The molecule has 0 saturated heterocycles. The summed E-state index contributed by atoms with van der Waals surface area (Å²) < 4.78 is 5.75. The fraction of sp³-hybridized carbons (Fsp3) is 0.417. The summed E-state index contributed by atoms with van der Waals surface area (Å²) in [5.41, 5.74) is 2.62. The molecule has 0 aliphatic carbocycles. The van der Waals surface area contributed by atoms with E-state index in [1.54, 1.807) is 19.1 Å². The topological polar surface area (TPSA) is 58.6 Å². The van der Waals surface area contributed by atoms with Crippen LogP contribution in [0.2, 0.25) is 5.02 Å². The zero-order valence-corrected chi connectivity index (χ0v) is 19.3. The lowest BCUT2D eigenvalue weighted by Crippen LogP contribution is -2.53. The Hall–Kier alpha value is -2.53. The number of benzene rings is 2. The Kier molecular flexibility index (Phi) is 7.90. The van der Waals surface area contributed by atoms with Crippen molar-refractivity contribution in [3.8, 4) is 5.75 Å². The van der Waals surface area contributed by atoms with Gasteiger partial charge in [-0.2, -0.15) is 0 Å². The maximum Gasteiger partial charge on any atom is 0.261 e. The molecule has 2 rings (SSSR count). The van der Waals surface area contributed by atoms with Crippen LogP contribution in [0.1, 0.15) is 44.4 Å². The minimum atomic E-state index is -0.657. The summed E-state index contributed by atoms with van der Waals surface area (Å²) in [6, 6.07) is 12.4. The zero-order chi connectivity index (χ0) is 22.5. The highest BCUT2D eigenvalue weighted by Gasteiger charge is 2.28. The minimum Gasteiger partial charge on any atom is -0.484 e. The van der Waals surface area contributed by atoms with Crippen molar-refractivity contribution in [2.75, 3.05) is 6.61 Å². The number of hydrogen-bond donors (Lipinski definition) is 1. The van der Waals surface area contributed by atoms with E-state index in [1.165, 1.54) is 4.90 Å². The predicted molar refractivity (Wildman–Crippen MR) is 121 cm³/mol. The van der Waals surface area contributed by atoms with Crippen molar-refractivity contribution in [2.45, 2.75) is 59.7 Å². The molecule has 2 aromatic carbocycles. The van der Waals surface area contributed by atoms with Gasteiger partial charge in [-0.05, 0) is 82.5 Å². The molecule has 2 aromatic rings. The van der Waals surface area contributed by atoms with Crippen molar-refractivity contribution >= 4 is 23.4 Å². The largest absolute Gasteiger partial charge is 0.484 e. The van der Waals surface area contributed by atoms with E-state index in [-0.39, 0.29) is 25.0 Å². The molecule has 6 heteroatoms. The smallest absolute Gasteiger partial charge is 0.261 e. The predicted octanol–water partition coefficient (Wildman–Crippen LogP) is 4.67. The van der Waals surface area contributed by atoms with Gasteiger partial charge >= 0.3 is 0 Å². The Labute approximate surface area is 184 Å². The van der Waals surface area contributed by atoms with Gasteiger partial charge in [-0.1, -0.05) is 29.8 Å². The van der Waals surface area contributed by atoms with Crippen LogP contribution in [-0.2, 0) is 16.1 Å². The van der Waals surface area contributed by atoms with E-state index in [4.69, 9.17) is 16.3 Å². The van der Waals surface area contributed by atoms with Crippen molar-refractivity contribution in [1.29, 1.82) is 0 Å². The molecular weight excluding hydrogens is 400 g/mol. The normalized spacial score (nSPS) is 12.2. The van der Waals surface area contributed by atoms with Crippen LogP contribution in [0, 0.1) is 13.8 Å². The van der Waals surface area contributed by atoms with E-state index in [9.17, 15) is 9.59 Å². The molecule has 30 heavy (non-hydrogen) atoms. The van der Waals surface area contributed by atoms with Gasteiger partial charge in [-0.15, -0.1) is 0 Å². The second-order valence-corrected chi connectivity index (χ2v) is 9.11. The van der Waals surface area contributed by atoms with Gasteiger partial charge in [0.1, 0.15) is 11.8 Å². The number of hydrogen-bond acceptors (Lipinski definition) is 3. The molecule has 0 aliphatic heterocycles. The Morgan fingerprint density at radius 2 is 1.63 bits per heavy atom. The molecule has 0 bridgehead atoms. The molecule has 0 aromatic heterocycles. The van der Waals surface area contributed by atoms with Gasteiger partial charge in [0.25, 0.3) is 5.91 Å². The van der Waals surface area contributed by atoms with Gasteiger partial charge in [0.2, 0.25) is 5.91 Å². The molecule has 0 saturated carbocycles. The Morgan fingerprint density at radius 3 is 2.17 bits per heavy atom. The highest BCUT2D eigenvalue weighted by Crippen LogP contribution is 2.18. The highest BCUT2D eigenvalue weighted by molar-refractivity contribution is 6.30. The summed E-state index contributed by atoms with van der Waals surface area (Å²) >= 11 is 5.97. The van der Waals surface area contributed by atoms with Crippen LogP contribution >= 0.6 is 11.6 Å². The van der Waals surface area contributed by atoms with Gasteiger partial charge in [-0.25, -0.2) is 0 Å². The monoisotopic (exact) mass is 430 g/mol. The van der Waals surface area contributed by atoms with Crippen molar-refractivity contribution in [2.24, 2.45) is 0 Å². The third-order valence-electron chi connectivity index (χ3n) is 4.49. The molecule has 5 nitrogen and oxygen atoms in total. The van der Waals surface area contributed by atoms with Crippen molar-refractivity contribution in [3.05, 3.63) is 64.2 Å². The van der Waals surface area contributed by atoms with Crippen molar-refractivity contribution in [1.82, 2.24) is 10.2 Å². The summed E-state index contributed by atoms with van der Waals surface area (Å²) in [4.78, 5) is 27.3. The average Bonchev–Trinajstić information content (AvgIpc) is 2.63. The third kappa shape index (κ3) is 7.38. The van der Waals surface area contributed by atoms with Crippen LogP contribution in [0.5, 0.6) is 5.75 Å². The van der Waals surface area contributed by atoms with Crippen LogP contribution in [0.25, 0.3) is 0 Å². The van der Waals surface area contributed by atoms with Crippen LogP contribution in [0.15, 0.2) is 42.5 Å². The molecule has 2 amide bonds. The fourth-order valence-electron chi connectivity index (χ4n) is 3.09. The quantitative estimate of drug-likeness (QED) is 0.694. The van der Waals surface area contributed by atoms with E-state index in [1.807, 2.05) is 65.0 Å². The molecular formula is C24H31ClN2O3. The number of ether oxygens (including phenoxy) is 1. The Balaban J connectivity index is 2.18. The first-order chi connectivity index (χ1) is 13.9. The summed E-state index contributed by atoms with van der Waals surface area (Å²) in [7, 11) is 0. The first-order valence-electron chi connectivity index (χ1n) is 10.0. The molecule has 162 valence electrons. The SMILES string of the molecule is Cc1cc(C)cc(OCC(=O)N(Cc2ccc(Cl)cc2)C(C)C(=O)NC(C)(C)C)c1. The molecule has 0 heterocycles. The van der Waals surface area contributed by atoms with Crippen molar-refractivity contribution < 1.29 is 14.3 Å². The third-order valence-corrected chi connectivity index (χ3v) is 4.74. The van der Waals surface area contributed by atoms with E-state index in [0.29, 0.717) is 10.8 Å². The maximum atomic E-state index is 13.1. The maximum absolute atomic E-state index is 13.1. The van der Waals surface area contributed by atoms with Gasteiger partial charge in [0.05, 0.1) is 0 Å². The fourth-order valence-corrected chi connectivity index (χ4v) is 3.21. The summed E-state index contributed by atoms with van der Waals surface area (Å²) in [5, 5.41) is 3.56. The summed E-state index contributed by atoms with van der Waals surface area (Å²) in [6.07, 6.45) is 0. The van der Waals surface area contributed by atoms with Gasteiger partial charge in [-0.3, -0.25) is 9.59 Å². The number of nitrogens with one attached hydrogen (secondary N) is 1. The van der Waals surface area contributed by atoms with E-state index < -0.39 is 11.6 Å². The lowest BCUT2D eigenvalue weighted by atomic mass is 10.1. The first kappa shape index (κ1) is 23.7. The number of halogens is 1. The minimum absolute atomic E-state index is 0.149. The van der Waals surface area contributed by atoms with E-state index >= 15 is 0 Å². The molecule has 1 N–H and O–H groups in total. The number of carbonyl (C=O) groups is 2. The van der Waals surface area contributed by atoms with Gasteiger partial charge < -0.3 is 15.0 Å². The Bertz CT molecular complexity index is 868. The standard InChI is InChI=1S/C24H31ClN2O3/c1-16-11-17(2)13-21(12-16)30-15-22(28)27(14-19-7-9-20(25)10-8-19)18(3)23(29)26-24(4,5)6/h7-13,18H,14-15H2,1-6H3,(H,26,29). The molecule has 0 aliphatic rings. The second-order valence-electron chi connectivity index (χ2n) is 8.68. The van der Waals surface area contributed by atoms with Crippen molar-refractivity contribution in [3.63, 3.8) is 0 Å². The lowest BCUT2D eigenvalue weighted by molar-refractivity contribution is -0.142. The zero-order valence-electron chi connectivity index (χ0n) is 18.6. The van der Waals surface area contributed by atoms with Gasteiger partial charge in [0, 0.05) is 17.1 Å².